The lowest BCUT2D eigenvalue weighted by molar-refractivity contribution is 0.146. The minimum absolute atomic E-state index is 0.0153. The molecule has 1 atom stereocenters. The minimum Gasteiger partial charge on any atom is -0.493 e. The molecule has 1 saturated heterocycles. The van der Waals surface area contributed by atoms with Gasteiger partial charge < -0.3 is 28.2 Å². The summed E-state index contributed by atoms with van der Waals surface area (Å²) in [6, 6.07) is 7.54. The Bertz CT molecular complexity index is 1060. The Hall–Kier alpha value is -3.37. The second-order valence-corrected chi connectivity index (χ2v) is 7.84. The molecule has 182 valence electrons. The van der Waals surface area contributed by atoms with Crippen molar-refractivity contribution in [1.29, 1.82) is 0 Å². The van der Waals surface area contributed by atoms with Gasteiger partial charge in [-0.3, -0.25) is 9.88 Å². The van der Waals surface area contributed by atoms with Crippen molar-refractivity contribution < 1.29 is 28.2 Å². The molecule has 4 rings (SSSR count). The van der Waals surface area contributed by atoms with Gasteiger partial charge in [-0.25, -0.2) is 0 Å². The highest BCUT2D eigenvalue weighted by atomic mass is 16.5. The fraction of sp³-hybridized carbons (Fsp3) is 0.458. The van der Waals surface area contributed by atoms with E-state index in [2.05, 4.69) is 20.0 Å². The molecule has 0 bridgehead atoms. The molecule has 2 aromatic heterocycles. The maximum Gasteiger partial charge on any atom is 0.244 e. The Labute approximate surface area is 198 Å². The van der Waals surface area contributed by atoms with Crippen LogP contribution in [-0.2, 0) is 11.3 Å². The summed E-state index contributed by atoms with van der Waals surface area (Å²) in [7, 11) is 6.47. The number of pyridine rings is 1. The lowest BCUT2D eigenvalue weighted by Gasteiger charge is -2.22. The van der Waals surface area contributed by atoms with Gasteiger partial charge >= 0.3 is 0 Å². The van der Waals surface area contributed by atoms with Crippen LogP contribution in [-0.4, -0.2) is 68.2 Å². The summed E-state index contributed by atoms with van der Waals surface area (Å²) in [6.45, 7) is 2.56. The number of aromatic nitrogens is 3. The van der Waals surface area contributed by atoms with Crippen LogP contribution in [0.2, 0.25) is 0 Å². The molecule has 0 amide bonds. The third-order valence-electron chi connectivity index (χ3n) is 5.72. The largest absolute Gasteiger partial charge is 0.493 e. The van der Waals surface area contributed by atoms with Crippen molar-refractivity contribution in [2.24, 2.45) is 0 Å². The van der Waals surface area contributed by atoms with Crippen LogP contribution in [0.25, 0.3) is 11.5 Å². The first kappa shape index (κ1) is 23.8. The van der Waals surface area contributed by atoms with Crippen LogP contribution >= 0.6 is 0 Å². The number of likely N-dealkylation sites (tertiary alicyclic amines) is 1. The van der Waals surface area contributed by atoms with Crippen molar-refractivity contribution in [2.75, 3.05) is 48.2 Å². The number of hydrogen-bond acceptors (Lipinski definition) is 10. The molecule has 0 unspecified atom stereocenters. The Morgan fingerprint density at radius 3 is 2.53 bits per heavy atom. The Balaban J connectivity index is 1.50. The van der Waals surface area contributed by atoms with Crippen molar-refractivity contribution in [3.8, 4) is 34.5 Å². The van der Waals surface area contributed by atoms with E-state index in [0.29, 0.717) is 60.2 Å². The van der Waals surface area contributed by atoms with Gasteiger partial charge in [-0.2, -0.15) is 4.98 Å². The standard InChI is InChI=1S/C24H30N4O6/c1-29-10-11-33-17-7-8-25-18(14-17)23-26-24(34-27-23)19-6-5-9-28(19)15-16-12-20(30-2)22(32-4)21(13-16)31-3/h7-8,12-14,19H,5-6,9-11,15H2,1-4H3/t19-/m1/s1. The lowest BCUT2D eigenvalue weighted by Crippen LogP contribution is -2.23. The Morgan fingerprint density at radius 2 is 1.82 bits per heavy atom. The number of nitrogens with zero attached hydrogens (tertiary/aromatic N) is 4. The molecule has 10 heteroatoms. The third kappa shape index (κ3) is 5.23. The van der Waals surface area contributed by atoms with Gasteiger partial charge in [0.05, 0.1) is 34.0 Å². The molecular weight excluding hydrogens is 440 g/mol. The number of methoxy groups -OCH3 is 4. The predicted molar refractivity (Wildman–Crippen MR) is 123 cm³/mol. The Morgan fingerprint density at radius 1 is 1.03 bits per heavy atom. The van der Waals surface area contributed by atoms with E-state index in [0.717, 1.165) is 24.9 Å². The summed E-state index contributed by atoms with van der Waals surface area (Å²) >= 11 is 0. The zero-order valence-corrected chi connectivity index (χ0v) is 19.9. The number of ether oxygens (including phenoxy) is 5. The molecule has 1 aliphatic heterocycles. The molecule has 3 heterocycles. The summed E-state index contributed by atoms with van der Waals surface area (Å²) in [6.07, 6.45) is 3.63. The number of rotatable bonds is 11. The van der Waals surface area contributed by atoms with Crippen LogP contribution in [0.1, 0.15) is 30.3 Å². The van der Waals surface area contributed by atoms with Crippen molar-refractivity contribution in [3.63, 3.8) is 0 Å². The summed E-state index contributed by atoms with van der Waals surface area (Å²) in [5, 5.41) is 4.18. The van der Waals surface area contributed by atoms with Gasteiger partial charge in [0.1, 0.15) is 18.1 Å². The molecule has 1 aromatic carbocycles. The van der Waals surface area contributed by atoms with E-state index in [9.17, 15) is 0 Å². The lowest BCUT2D eigenvalue weighted by atomic mass is 10.1. The molecule has 3 aromatic rings. The molecule has 0 radical (unpaired) electrons. The van der Waals surface area contributed by atoms with Gasteiger partial charge in [0.15, 0.2) is 11.5 Å². The van der Waals surface area contributed by atoms with Crippen LogP contribution in [0.4, 0.5) is 0 Å². The second-order valence-electron chi connectivity index (χ2n) is 7.84. The number of hydrogen-bond donors (Lipinski definition) is 0. The predicted octanol–water partition coefficient (Wildman–Crippen LogP) is 3.52. The van der Waals surface area contributed by atoms with E-state index < -0.39 is 0 Å². The first-order valence-electron chi connectivity index (χ1n) is 11.1. The zero-order valence-electron chi connectivity index (χ0n) is 19.9. The van der Waals surface area contributed by atoms with Gasteiger partial charge in [0.2, 0.25) is 17.5 Å². The summed E-state index contributed by atoms with van der Waals surface area (Å²) < 4.78 is 32.8. The summed E-state index contributed by atoms with van der Waals surface area (Å²) in [4.78, 5) is 11.3. The van der Waals surface area contributed by atoms with Gasteiger partial charge in [0, 0.05) is 25.9 Å². The molecule has 0 spiro atoms. The third-order valence-corrected chi connectivity index (χ3v) is 5.72. The smallest absolute Gasteiger partial charge is 0.244 e. The van der Waals surface area contributed by atoms with E-state index in [1.54, 1.807) is 46.8 Å². The van der Waals surface area contributed by atoms with Crippen molar-refractivity contribution >= 4 is 0 Å². The van der Waals surface area contributed by atoms with E-state index in [1.807, 2.05) is 12.1 Å². The topological polar surface area (TPSA) is 101 Å². The number of benzene rings is 1. The maximum absolute atomic E-state index is 5.66. The molecule has 1 aliphatic rings. The second kappa shape index (κ2) is 11.2. The minimum atomic E-state index is 0.0153. The van der Waals surface area contributed by atoms with E-state index >= 15 is 0 Å². The van der Waals surface area contributed by atoms with Crippen molar-refractivity contribution in [2.45, 2.75) is 25.4 Å². The van der Waals surface area contributed by atoms with Crippen molar-refractivity contribution in [1.82, 2.24) is 20.0 Å². The molecule has 10 nitrogen and oxygen atoms in total. The molecule has 0 aliphatic carbocycles. The van der Waals surface area contributed by atoms with Gasteiger partial charge in [-0.15, -0.1) is 0 Å². The normalized spacial score (nSPS) is 15.9. The highest BCUT2D eigenvalue weighted by molar-refractivity contribution is 5.54. The van der Waals surface area contributed by atoms with Crippen LogP contribution < -0.4 is 18.9 Å². The zero-order chi connectivity index (χ0) is 23.9. The average molecular weight is 471 g/mol. The first-order valence-corrected chi connectivity index (χ1v) is 11.1. The molecule has 0 saturated carbocycles. The van der Waals surface area contributed by atoms with Crippen LogP contribution in [0.3, 0.4) is 0 Å². The summed E-state index contributed by atoms with van der Waals surface area (Å²) in [5.74, 6) is 3.53. The van der Waals surface area contributed by atoms with E-state index in [1.165, 1.54) is 0 Å². The fourth-order valence-corrected chi connectivity index (χ4v) is 4.10. The Kier molecular flexibility index (Phi) is 7.81. The molecular formula is C24H30N4O6. The molecule has 1 fully saturated rings. The maximum atomic E-state index is 5.66. The monoisotopic (exact) mass is 470 g/mol. The van der Waals surface area contributed by atoms with Crippen molar-refractivity contribution in [3.05, 3.63) is 41.9 Å². The van der Waals surface area contributed by atoms with Gasteiger partial charge in [-0.1, -0.05) is 5.16 Å². The van der Waals surface area contributed by atoms with Crippen LogP contribution in [0.5, 0.6) is 23.0 Å². The highest BCUT2D eigenvalue weighted by Crippen LogP contribution is 2.40. The highest BCUT2D eigenvalue weighted by Gasteiger charge is 2.31. The van der Waals surface area contributed by atoms with E-state index in [-0.39, 0.29) is 6.04 Å². The first-order chi connectivity index (χ1) is 16.7. The van der Waals surface area contributed by atoms with Gasteiger partial charge in [-0.05, 0) is 43.1 Å². The van der Waals surface area contributed by atoms with Crippen LogP contribution in [0, 0.1) is 0 Å². The van der Waals surface area contributed by atoms with Gasteiger partial charge in [0.25, 0.3) is 0 Å². The average Bonchev–Trinajstić information content (AvgIpc) is 3.53. The summed E-state index contributed by atoms with van der Waals surface area (Å²) in [5.41, 5.74) is 1.64. The van der Waals surface area contributed by atoms with Crippen LogP contribution in [0.15, 0.2) is 35.0 Å². The SMILES string of the molecule is COCCOc1ccnc(-c2noc([C@H]3CCCN3Cc3cc(OC)c(OC)c(OC)c3)n2)c1. The molecule has 0 N–H and O–H groups in total. The fourth-order valence-electron chi connectivity index (χ4n) is 4.10. The molecule has 34 heavy (non-hydrogen) atoms. The quantitative estimate of drug-likeness (QED) is 0.387. The van der Waals surface area contributed by atoms with E-state index in [4.69, 9.17) is 28.2 Å².